The molecule has 63 heavy (non-hydrogen) atoms. The lowest BCUT2D eigenvalue weighted by Gasteiger charge is -2.30. The Morgan fingerprint density at radius 1 is 0.984 bits per heavy atom. The number of pyridine rings is 1. The first-order valence-electron chi connectivity index (χ1n) is 21.1. The van der Waals surface area contributed by atoms with Crippen LogP contribution in [0.3, 0.4) is 0 Å². The fourth-order valence-corrected chi connectivity index (χ4v) is 9.52. The predicted octanol–water partition coefficient (Wildman–Crippen LogP) is 4.75. The van der Waals surface area contributed by atoms with Crippen LogP contribution in [0.4, 0.5) is 23.7 Å². The second-order valence-electron chi connectivity index (χ2n) is 18.0. The summed E-state index contributed by atoms with van der Waals surface area (Å²) in [7, 11) is -0.214. The van der Waals surface area contributed by atoms with Gasteiger partial charge in [0, 0.05) is 43.7 Å². The van der Waals surface area contributed by atoms with Gasteiger partial charge in [-0.1, -0.05) is 12.8 Å². The smallest absolute Gasteiger partial charge is 0.472 e. The number of rotatable bonds is 9. The van der Waals surface area contributed by atoms with E-state index in [1.54, 1.807) is 32.9 Å². The largest absolute Gasteiger partial charge is 0.573 e. The van der Waals surface area contributed by atoms with Gasteiger partial charge in [0.15, 0.2) is 0 Å². The van der Waals surface area contributed by atoms with E-state index >= 15 is 0 Å². The number of benzene rings is 2. The molecule has 4 N–H and O–H groups in total. The summed E-state index contributed by atoms with van der Waals surface area (Å²) in [5.74, 6) is -2.76. The molecule has 0 unspecified atom stereocenters. The van der Waals surface area contributed by atoms with Crippen LogP contribution in [0.5, 0.6) is 11.6 Å². The molecule has 2 aromatic carbocycles. The maximum absolute atomic E-state index is 14.7. The Morgan fingerprint density at radius 2 is 1.71 bits per heavy atom. The van der Waals surface area contributed by atoms with Crippen LogP contribution in [0.25, 0.3) is 22.0 Å². The van der Waals surface area contributed by atoms with Crippen LogP contribution in [0.1, 0.15) is 72.1 Å². The fourth-order valence-electron chi connectivity index (χ4n) is 8.15. The monoisotopic (exact) mass is 901 g/mol. The van der Waals surface area contributed by atoms with Gasteiger partial charge in [0.1, 0.15) is 35.1 Å². The minimum absolute atomic E-state index is 0.0116. The molecule has 3 aromatic rings. The molecule has 16 nitrogen and oxygen atoms in total. The molecule has 5 atom stereocenters. The van der Waals surface area contributed by atoms with E-state index in [9.17, 15) is 40.8 Å². The van der Waals surface area contributed by atoms with Crippen molar-refractivity contribution in [1.29, 1.82) is 0 Å². The number of halogens is 3. The van der Waals surface area contributed by atoms with E-state index in [-0.39, 0.29) is 37.7 Å². The number of alkyl halides is 3. The van der Waals surface area contributed by atoms with Gasteiger partial charge in [-0.2, -0.15) is 0 Å². The number of hydrogen-bond donors (Lipinski definition) is 4. The molecular weight excluding hydrogens is 848 g/mol. The predicted molar refractivity (Wildman–Crippen MR) is 226 cm³/mol. The topological polar surface area (TPSA) is 198 Å². The first kappa shape index (κ1) is 45.6. The highest BCUT2D eigenvalue weighted by molar-refractivity contribution is 7.91. The number of anilines is 1. The number of ether oxygens (including phenoxy) is 3. The molecule has 3 heterocycles. The van der Waals surface area contributed by atoms with Crippen molar-refractivity contribution in [3.05, 3.63) is 48.5 Å². The molecule has 20 heteroatoms. The van der Waals surface area contributed by atoms with Crippen molar-refractivity contribution >= 4 is 50.3 Å². The highest BCUT2D eigenvalue weighted by Gasteiger charge is 2.62. The zero-order valence-electron chi connectivity index (χ0n) is 35.8. The molecule has 342 valence electrons. The molecule has 2 aliphatic heterocycles. The molecular formula is C43H54F3N7O9S. The summed E-state index contributed by atoms with van der Waals surface area (Å²) < 4.78 is 83.1. The van der Waals surface area contributed by atoms with Gasteiger partial charge in [-0.15, -0.1) is 13.2 Å². The highest BCUT2D eigenvalue weighted by atomic mass is 32.2. The SMILES string of the molecule is CN(C)c1ccc2c(O[C@@H]3C[C@H]4C(=O)N[C@]5(C(=O)NS(=O)(=O)C6CC6)C[C@H]5CCCCCNC[C@H](NC(=O)OC(C)(C)C)C(=O)N4C3)nc(-c3ccc(OC(F)(F)F)cc3)cc2c1. The maximum Gasteiger partial charge on any atom is 0.573 e. The highest BCUT2D eigenvalue weighted by Crippen LogP contribution is 2.48. The number of nitrogens with zero attached hydrogens (tertiary/aromatic N) is 3. The van der Waals surface area contributed by atoms with Gasteiger partial charge in [0.05, 0.1) is 17.5 Å². The quantitative estimate of drug-likeness (QED) is 0.230. The van der Waals surface area contributed by atoms with Gasteiger partial charge in [0.25, 0.3) is 5.91 Å². The summed E-state index contributed by atoms with van der Waals surface area (Å²) in [6.45, 7) is 5.41. The van der Waals surface area contributed by atoms with Crippen molar-refractivity contribution in [1.82, 2.24) is 30.6 Å². The van der Waals surface area contributed by atoms with Crippen molar-refractivity contribution in [2.75, 3.05) is 38.6 Å². The van der Waals surface area contributed by atoms with Gasteiger partial charge in [-0.25, -0.2) is 18.2 Å². The Morgan fingerprint density at radius 3 is 2.38 bits per heavy atom. The number of alkyl carbamates (subject to hydrolysis) is 1. The van der Waals surface area contributed by atoms with E-state index in [1.165, 1.54) is 29.2 Å². The molecule has 2 saturated carbocycles. The van der Waals surface area contributed by atoms with Crippen LogP contribution < -0.4 is 35.0 Å². The van der Waals surface area contributed by atoms with Crippen molar-refractivity contribution in [2.45, 2.75) is 113 Å². The maximum atomic E-state index is 14.7. The number of fused-ring (bicyclic) bond motifs is 3. The third-order valence-corrected chi connectivity index (χ3v) is 13.4. The van der Waals surface area contributed by atoms with Gasteiger partial charge < -0.3 is 40.0 Å². The van der Waals surface area contributed by atoms with Crippen LogP contribution in [0, 0.1) is 5.92 Å². The zero-order chi connectivity index (χ0) is 45.5. The number of sulfonamides is 1. The van der Waals surface area contributed by atoms with Crippen molar-refractivity contribution in [2.24, 2.45) is 5.92 Å². The van der Waals surface area contributed by atoms with E-state index in [2.05, 4.69) is 25.4 Å². The lowest BCUT2D eigenvalue weighted by molar-refractivity contribution is -0.274. The van der Waals surface area contributed by atoms with E-state index in [0.29, 0.717) is 60.7 Å². The van der Waals surface area contributed by atoms with Gasteiger partial charge in [-0.3, -0.25) is 19.1 Å². The second kappa shape index (κ2) is 17.7. The number of amides is 4. The number of carbonyl (C=O) groups is 4. The lowest BCUT2D eigenvalue weighted by Crippen LogP contribution is -2.59. The number of nitrogens with one attached hydrogen (secondary N) is 4. The Hall–Kier alpha value is -5.37. The number of carbonyl (C=O) groups excluding carboxylic acids is 4. The van der Waals surface area contributed by atoms with Gasteiger partial charge in [0.2, 0.25) is 27.7 Å². The zero-order valence-corrected chi connectivity index (χ0v) is 36.7. The van der Waals surface area contributed by atoms with Crippen LogP contribution >= 0.6 is 0 Å². The molecule has 0 spiro atoms. The third-order valence-electron chi connectivity index (χ3n) is 11.6. The van der Waals surface area contributed by atoms with E-state index in [4.69, 9.17) is 14.5 Å². The molecule has 4 aliphatic rings. The van der Waals surface area contributed by atoms with Crippen LogP contribution in [-0.2, 0) is 29.1 Å². The Balaban J connectivity index is 1.23. The summed E-state index contributed by atoms with van der Waals surface area (Å²) in [6, 6.07) is 10.1. The first-order chi connectivity index (χ1) is 29.6. The molecule has 2 aliphatic carbocycles. The molecule has 1 aromatic heterocycles. The fraction of sp³-hybridized carbons (Fsp3) is 0.558. The third kappa shape index (κ3) is 11.1. The van der Waals surface area contributed by atoms with Gasteiger partial charge in [-0.05, 0) is 119 Å². The Kier molecular flexibility index (Phi) is 12.8. The number of aromatic nitrogens is 1. The van der Waals surface area contributed by atoms with E-state index in [1.807, 2.05) is 31.1 Å². The molecule has 0 bridgehead atoms. The average Bonchev–Trinajstić information content (AvgIpc) is 4.12. The lowest BCUT2D eigenvalue weighted by atomic mass is 10.1. The minimum atomic E-state index is -4.88. The molecule has 4 fully saturated rings. The van der Waals surface area contributed by atoms with E-state index in [0.717, 1.165) is 12.1 Å². The van der Waals surface area contributed by atoms with Crippen LogP contribution in [0.2, 0.25) is 0 Å². The van der Waals surface area contributed by atoms with Gasteiger partial charge >= 0.3 is 12.5 Å². The summed E-state index contributed by atoms with van der Waals surface area (Å²) >= 11 is 0. The van der Waals surface area contributed by atoms with Crippen LogP contribution in [0.15, 0.2) is 48.5 Å². The normalized spacial score (nSPS) is 24.8. The average molecular weight is 902 g/mol. The summed E-state index contributed by atoms with van der Waals surface area (Å²) in [5, 5.41) is 9.38. The second-order valence-corrected chi connectivity index (χ2v) is 19.9. The summed E-state index contributed by atoms with van der Waals surface area (Å²) in [4.78, 5) is 64.2. The standard InChI is InChI=1S/C43H54F3N7O9S/c1-41(2,3)62-40(57)49-34-23-47-18-8-6-7-9-27-22-42(27,39(56)51-63(58,59)31-15-16-31)50-36(54)35-21-30(24-53(35)38(34)55)60-37-32-17-12-28(52(4)5)19-26(32)20-33(48-37)25-10-13-29(14-11-25)61-43(44,45)46/h10-14,17,19-20,27,30-31,34-35,47H,6-9,15-16,18,21-24H2,1-5H3,(H,49,57)(H,50,54)(H,51,56)/t27-,30-,34+,35+,42-/m1/s1. The Bertz CT molecular complexity index is 2340. The molecule has 0 radical (unpaired) electrons. The molecule has 2 saturated heterocycles. The van der Waals surface area contributed by atoms with Crippen molar-refractivity contribution in [3.8, 4) is 22.9 Å². The van der Waals surface area contributed by atoms with Crippen LogP contribution in [-0.4, -0.2) is 117 Å². The molecule has 7 rings (SSSR count). The van der Waals surface area contributed by atoms with Crippen molar-refractivity contribution < 1.29 is 55.0 Å². The summed E-state index contributed by atoms with van der Waals surface area (Å²) in [5.41, 5.74) is -0.748. The van der Waals surface area contributed by atoms with Crippen molar-refractivity contribution in [3.63, 3.8) is 0 Å². The molecule has 4 amide bonds. The first-order valence-corrected chi connectivity index (χ1v) is 22.7. The number of hydrogen-bond acceptors (Lipinski definition) is 12. The minimum Gasteiger partial charge on any atom is -0.472 e. The Labute approximate surface area is 364 Å². The summed E-state index contributed by atoms with van der Waals surface area (Å²) in [6.07, 6.45) is -2.85. The van der Waals surface area contributed by atoms with E-state index < -0.39 is 80.5 Å².